The summed E-state index contributed by atoms with van der Waals surface area (Å²) in [7, 11) is 0. The van der Waals surface area contributed by atoms with Crippen LogP contribution in [0.2, 0.25) is 0 Å². The van der Waals surface area contributed by atoms with Crippen LogP contribution in [0.25, 0.3) is 0 Å². The molecule has 0 amide bonds. The van der Waals surface area contributed by atoms with Crippen LogP contribution >= 0.6 is 0 Å². The van der Waals surface area contributed by atoms with E-state index in [-0.39, 0.29) is 31.1 Å². The van der Waals surface area contributed by atoms with Gasteiger partial charge in [-0.25, -0.2) is 0 Å². The quantitative estimate of drug-likeness (QED) is 0.0263. The molecule has 0 radical (unpaired) electrons. The first-order chi connectivity index (χ1) is 29.0. The van der Waals surface area contributed by atoms with Gasteiger partial charge in [-0.05, 0) is 70.6 Å². The molecule has 0 aromatic rings. The highest BCUT2D eigenvalue weighted by Crippen LogP contribution is 2.15. The van der Waals surface area contributed by atoms with Crippen LogP contribution in [0.3, 0.4) is 0 Å². The molecule has 0 bridgehead atoms. The summed E-state index contributed by atoms with van der Waals surface area (Å²) in [5.41, 5.74) is 0. The lowest BCUT2D eigenvalue weighted by Gasteiger charge is -2.18. The fourth-order valence-corrected chi connectivity index (χ4v) is 7.49. The zero-order chi connectivity index (χ0) is 43.0. The largest absolute Gasteiger partial charge is 0.462 e. The molecule has 0 spiro atoms. The van der Waals surface area contributed by atoms with E-state index in [0.29, 0.717) is 19.3 Å². The number of hydrogen-bond donors (Lipinski definition) is 0. The van der Waals surface area contributed by atoms with Crippen molar-refractivity contribution in [3.8, 4) is 0 Å². The van der Waals surface area contributed by atoms with E-state index in [2.05, 4.69) is 45.1 Å². The van der Waals surface area contributed by atoms with Crippen LogP contribution in [0.4, 0.5) is 0 Å². The molecule has 0 heterocycles. The molecule has 6 heteroatoms. The van der Waals surface area contributed by atoms with E-state index in [4.69, 9.17) is 14.2 Å². The van der Waals surface area contributed by atoms with Crippen LogP contribution in [0.5, 0.6) is 0 Å². The average Bonchev–Trinajstić information content (AvgIpc) is 3.23. The molecule has 0 aliphatic carbocycles. The van der Waals surface area contributed by atoms with Gasteiger partial charge in [-0.3, -0.25) is 14.4 Å². The molecule has 0 fully saturated rings. The summed E-state index contributed by atoms with van der Waals surface area (Å²) in [6, 6.07) is 0. The summed E-state index contributed by atoms with van der Waals surface area (Å²) >= 11 is 0. The predicted octanol–water partition coefficient (Wildman–Crippen LogP) is 16.8. The lowest BCUT2D eigenvalue weighted by atomic mass is 10.0. The van der Waals surface area contributed by atoms with Gasteiger partial charge in [-0.2, -0.15) is 0 Å². The monoisotopic (exact) mass is 831 g/mol. The van der Waals surface area contributed by atoms with Crippen LogP contribution in [0.15, 0.2) is 24.3 Å². The number of carbonyl (C=O) groups is 3. The summed E-state index contributed by atoms with van der Waals surface area (Å²) in [5, 5.41) is 0. The summed E-state index contributed by atoms with van der Waals surface area (Å²) < 4.78 is 16.8. The zero-order valence-corrected chi connectivity index (χ0v) is 39.5. The molecule has 346 valence electrons. The molecular weight excluding hydrogens is 733 g/mol. The molecule has 0 N–H and O–H groups in total. The van der Waals surface area contributed by atoms with Gasteiger partial charge in [0.05, 0.1) is 0 Å². The lowest BCUT2D eigenvalue weighted by Crippen LogP contribution is -2.30. The molecular formula is C53H98O6. The number of carbonyl (C=O) groups excluding carboxylic acids is 3. The minimum atomic E-state index is -0.773. The van der Waals surface area contributed by atoms with Gasteiger partial charge < -0.3 is 14.2 Å². The second-order valence-electron chi connectivity index (χ2n) is 17.4. The molecule has 59 heavy (non-hydrogen) atoms. The smallest absolute Gasteiger partial charge is 0.306 e. The Kier molecular flexibility index (Phi) is 46.8. The Bertz CT molecular complexity index is 958. The van der Waals surface area contributed by atoms with E-state index in [0.717, 1.165) is 70.6 Å². The van der Waals surface area contributed by atoms with E-state index in [1.807, 2.05) is 0 Å². The second kappa shape index (κ2) is 48.6. The molecule has 0 aromatic heterocycles. The highest BCUT2D eigenvalue weighted by molar-refractivity contribution is 5.71. The number of rotatable bonds is 47. The third-order valence-corrected chi connectivity index (χ3v) is 11.4. The summed E-state index contributed by atoms with van der Waals surface area (Å²) in [6.07, 6.45) is 54.4. The van der Waals surface area contributed by atoms with Gasteiger partial charge in [0.2, 0.25) is 0 Å². The van der Waals surface area contributed by atoms with E-state index in [1.165, 1.54) is 167 Å². The molecule has 0 saturated heterocycles. The Morgan fingerprint density at radius 3 is 0.864 bits per heavy atom. The number of allylic oxidation sites excluding steroid dienone is 4. The maximum Gasteiger partial charge on any atom is 0.306 e. The first-order valence-corrected chi connectivity index (χ1v) is 25.8. The Balaban J connectivity index is 4.35. The standard InChI is InChI=1S/C53H98O6/c1-4-7-10-13-16-19-22-25-26-29-31-34-37-40-43-46-52(55)58-49-50(59-53(56)47-44-41-38-35-32-28-24-21-18-15-12-9-6-3)48-57-51(54)45-42-39-36-33-30-27-23-20-17-14-11-8-5-2/h20-21,23-24,50H,4-19,22,25-49H2,1-3H3. The van der Waals surface area contributed by atoms with Gasteiger partial charge in [0.15, 0.2) is 6.10 Å². The maximum absolute atomic E-state index is 12.8. The minimum Gasteiger partial charge on any atom is -0.462 e. The first-order valence-electron chi connectivity index (χ1n) is 25.8. The van der Waals surface area contributed by atoms with Crippen molar-refractivity contribution in [2.45, 2.75) is 284 Å². The highest BCUT2D eigenvalue weighted by atomic mass is 16.6. The van der Waals surface area contributed by atoms with Crippen molar-refractivity contribution in [2.24, 2.45) is 0 Å². The van der Waals surface area contributed by atoms with Gasteiger partial charge >= 0.3 is 17.9 Å². The average molecular weight is 831 g/mol. The third-order valence-electron chi connectivity index (χ3n) is 11.4. The molecule has 6 nitrogen and oxygen atoms in total. The second-order valence-corrected chi connectivity index (χ2v) is 17.4. The van der Waals surface area contributed by atoms with Gasteiger partial charge in [0.1, 0.15) is 13.2 Å². The van der Waals surface area contributed by atoms with Gasteiger partial charge in [0.25, 0.3) is 0 Å². The van der Waals surface area contributed by atoms with E-state index in [1.54, 1.807) is 0 Å². The van der Waals surface area contributed by atoms with E-state index in [9.17, 15) is 14.4 Å². The summed E-state index contributed by atoms with van der Waals surface area (Å²) in [5.74, 6) is -0.879. The van der Waals surface area contributed by atoms with Crippen molar-refractivity contribution in [1.29, 1.82) is 0 Å². The van der Waals surface area contributed by atoms with Crippen molar-refractivity contribution in [3.05, 3.63) is 24.3 Å². The van der Waals surface area contributed by atoms with Gasteiger partial charge in [0, 0.05) is 19.3 Å². The van der Waals surface area contributed by atoms with Crippen LogP contribution in [0.1, 0.15) is 278 Å². The lowest BCUT2D eigenvalue weighted by molar-refractivity contribution is -0.167. The zero-order valence-electron chi connectivity index (χ0n) is 39.5. The molecule has 0 saturated carbocycles. The number of esters is 3. The van der Waals surface area contributed by atoms with Crippen LogP contribution in [-0.4, -0.2) is 37.2 Å². The fraction of sp³-hybridized carbons (Fsp3) is 0.868. The molecule has 0 aliphatic heterocycles. The van der Waals surface area contributed by atoms with Crippen molar-refractivity contribution < 1.29 is 28.6 Å². The number of unbranched alkanes of at least 4 members (excludes halogenated alkanes) is 32. The van der Waals surface area contributed by atoms with E-state index >= 15 is 0 Å². The van der Waals surface area contributed by atoms with Crippen LogP contribution in [0, 0.1) is 0 Å². The summed E-state index contributed by atoms with van der Waals surface area (Å²) in [6.45, 7) is 6.62. The van der Waals surface area contributed by atoms with E-state index < -0.39 is 6.10 Å². The van der Waals surface area contributed by atoms with Crippen molar-refractivity contribution >= 4 is 17.9 Å². The molecule has 0 aliphatic rings. The van der Waals surface area contributed by atoms with Crippen LogP contribution in [-0.2, 0) is 28.6 Å². The van der Waals surface area contributed by atoms with Crippen molar-refractivity contribution in [2.75, 3.05) is 13.2 Å². The Morgan fingerprint density at radius 1 is 0.322 bits per heavy atom. The highest BCUT2D eigenvalue weighted by Gasteiger charge is 2.19. The van der Waals surface area contributed by atoms with Gasteiger partial charge in [-0.15, -0.1) is 0 Å². The SMILES string of the molecule is CCCCCCC=CCCCCCCCC(=O)OCC(COC(=O)CCCCCCCCCCCCCCCCC)OC(=O)CCCCCCCC=CCCCCCC. The number of hydrogen-bond acceptors (Lipinski definition) is 6. The van der Waals surface area contributed by atoms with Crippen LogP contribution < -0.4 is 0 Å². The van der Waals surface area contributed by atoms with Crippen molar-refractivity contribution in [3.63, 3.8) is 0 Å². The Morgan fingerprint density at radius 2 is 0.559 bits per heavy atom. The predicted molar refractivity (Wildman–Crippen MR) is 252 cm³/mol. The molecule has 1 atom stereocenters. The Hall–Kier alpha value is -2.11. The Labute approximate surface area is 366 Å². The normalized spacial score (nSPS) is 12.1. The number of ether oxygens (including phenoxy) is 3. The third kappa shape index (κ3) is 46.8. The van der Waals surface area contributed by atoms with Gasteiger partial charge in [-0.1, -0.05) is 212 Å². The molecule has 0 rings (SSSR count). The fourth-order valence-electron chi connectivity index (χ4n) is 7.49. The summed E-state index contributed by atoms with van der Waals surface area (Å²) in [4.78, 5) is 37.9. The molecule has 1 unspecified atom stereocenters. The van der Waals surface area contributed by atoms with Crippen molar-refractivity contribution in [1.82, 2.24) is 0 Å². The maximum atomic E-state index is 12.8. The minimum absolute atomic E-state index is 0.0735. The molecule has 0 aromatic carbocycles. The topological polar surface area (TPSA) is 78.9 Å². The first kappa shape index (κ1) is 56.9.